The Labute approximate surface area is 138 Å². The summed E-state index contributed by atoms with van der Waals surface area (Å²) in [5.41, 5.74) is 0.764. The van der Waals surface area contributed by atoms with Crippen LogP contribution in [-0.2, 0) is 0 Å². The predicted octanol–water partition coefficient (Wildman–Crippen LogP) is -1.29. The minimum Gasteiger partial charge on any atom is -0.497 e. The summed E-state index contributed by atoms with van der Waals surface area (Å²) in [6.07, 6.45) is 2.27. The van der Waals surface area contributed by atoms with Crippen molar-refractivity contribution in [2.24, 2.45) is 0 Å². The number of likely N-dealkylation sites (N-methyl/N-ethyl adjacent to an activating group) is 1. The quantitative estimate of drug-likeness (QED) is 0.728. The molecule has 0 atom stereocenters. The number of hydrogen-bond donors (Lipinski definition) is 2. The van der Waals surface area contributed by atoms with Crippen LogP contribution >= 0.6 is 0 Å². The molecule has 0 saturated carbocycles. The Balaban J connectivity index is 1.52. The molecule has 0 unspecified atom stereocenters. The van der Waals surface area contributed by atoms with Crippen molar-refractivity contribution in [2.75, 3.05) is 53.4 Å². The van der Waals surface area contributed by atoms with Gasteiger partial charge in [0.05, 0.1) is 20.2 Å². The topological polar surface area (TPSA) is 38.4 Å². The van der Waals surface area contributed by atoms with E-state index in [1.54, 1.807) is 16.9 Å². The van der Waals surface area contributed by atoms with E-state index in [2.05, 4.69) is 7.05 Å². The summed E-state index contributed by atoms with van der Waals surface area (Å²) in [5, 5.41) is 0. The summed E-state index contributed by atoms with van der Waals surface area (Å²) < 4.78 is 5.15. The Morgan fingerprint density at radius 2 is 1.70 bits per heavy atom. The molecule has 0 spiro atoms. The molecule has 1 aromatic carbocycles. The molecule has 5 nitrogen and oxygen atoms in total. The zero-order chi connectivity index (χ0) is 16.2. The van der Waals surface area contributed by atoms with Crippen LogP contribution in [0.4, 0.5) is 0 Å². The molecule has 0 radical (unpaired) electrons. The molecule has 2 aliphatic heterocycles. The van der Waals surface area contributed by atoms with Crippen LogP contribution in [0.15, 0.2) is 24.3 Å². The maximum absolute atomic E-state index is 12.6. The number of hydrogen-bond acceptors (Lipinski definition) is 2. The van der Waals surface area contributed by atoms with Gasteiger partial charge in [-0.05, 0) is 24.3 Å². The molecule has 1 aromatic rings. The highest BCUT2D eigenvalue weighted by atomic mass is 16.5. The minimum absolute atomic E-state index is 0.156. The molecule has 2 saturated heterocycles. The molecule has 1 amide bonds. The molecule has 0 aliphatic carbocycles. The van der Waals surface area contributed by atoms with Gasteiger partial charge in [-0.2, -0.15) is 0 Å². The van der Waals surface area contributed by atoms with E-state index in [1.807, 2.05) is 29.2 Å². The fourth-order valence-corrected chi connectivity index (χ4v) is 3.81. The van der Waals surface area contributed by atoms with Gasteiger partial charge in [0.1, 0.15) is 31.9 Å². The van der Waals surface area contributed by atoms with Gasteiger partial charge in [-0.1, -0.05) is 0 Å². The summed E-state index contributed by atoms with van der Waals surface area (Å²) >= 11 is 0. The molecule has 2 N–H and O–H groups in total. The Morgan fingerprint density at radius 3 is 2.26 bits per heavy atom. The van der Waals surface area contributed by atoms with Crippen molar-refractivity contribution in [2.45, 2.75) is 18.9 Å². The molecule has 5 heteroatoms. The monoisotopic (exact) mass is 319 g/mol. The lowest BCUT2D eigenvalue weighted by atomic mass is 10.0. The normalized spacial score (nSPS) is 26.1. The average Bonchev–Trinajstić information content (AvgIpc) is 2.62. The van der Waals surface area contributed by atoms with E-state index in [-0.39, 0.29) is 5.91 Å². The van der Waals surface area contributed by atoms with Crippen molar-refractivity contribution >= 4 is 5.91 Å². The first-order valence-electron chi connectivity index (χ1n) is 8.76. The van der Waals surface area contributed by atoms with Crippen LogP contribution in [-0.4, -0.2) is 70.3 Å². The number of carbonyl (C=O) groups is 1. The highest BCUT2D eigenvalue weighted by Crippen LogP contribution is 2.16. The van der Waals surface area contributed by atoms with E-state index in [9.17, 15) is 4.79 Å². The number of piperazine rings is 1. The lowest BCUT2D eigenvalue weighted by Gasteiger charge is -2.38. The van der Waals surface area contributed by atoms with Gasteiger partial charge < -0.3 is 19.4 Å². The number of amides is 1. The van der Waals surface area contributed by atoms with Crippen LogP contribution in [0, 0.1) is 0 Å². The zero-order valence-corrected chi connectivity index (χ0v) is 14.3. The highest BCUT2D eigenvalue weighted by Gasteiger charge is 2.32. The van der Waals surface area contributed by atoms with Gasteiger partial charge in [0.15, 0.2) is 0 Å². The van der Waals surface area contributed by atoms with E-state index in [4.69, 9.17) is 4.74 Å². The first kappa shape index (κ1) is 16.3. The number of benzene rings is 1. The number of quaternary nitrogens is 2. The van der Waals surface area contributed by atoms with Crippen LogP contribution in [0.2, 0.25) is 0 Å². The maximum Gasteiger partial charge on any atom is 0.253 e. The number of nitrogens with zero attached hydrogens (tertiary/aromatic N) is 1. The number of methoxy groups -OCH3 is 1. The van der Waals surface area contributed by atoms with Gasteiger partial charge in [-0.25, -0.2) is 0 Å². The maximum atomic E-state index is 12.6. The lowest BCUT2D eigenvalue weighted by molar-refractivity contribution is -1.02. The molecule has 2 aliphatic rings. The second-order valence-electron chi connectivity index (χ2n) is 6.91. The van der Waals surface area contributed by atoms with Gasteiger partial charge in [0, 0.05) is 31.5 Å². The number of rotatable bonds is 3. The van der Waals surface area contributed by atoms with Gasteiger partial charge in [-0.15, -0.1) is 0 Å². The van der Waals surface area contributed by atoms with Gasteiger partial charge in [-0.3, -0.25) is 4.79 Å². The zero-order valence-electron chi connectivity index (χ0n) is 14.3. The van der Waals surface area contributed by atoms with E-state index in [0.29, 0.717) is 0 Å². The molecular formula is C18H29N3O2+2. The molecule has 23 heavy (non-hydrogen) atoms. The SMILES string of the molecule is COc1ccc(C(=O)N2CCC([NH+]3CC[NH+](C)CC3)CC2)cc1. The van der Waals surface area contributed by atoms with Crippen molar-refractivity contribution in [1.82, 2.24) is 4.90 Å². The molecule has 2 heterocycles. The molecular weight excluding hydrogens is 290 g/mol. The van der Waals surface area contributed by atoms with E-state index in [0.717, 1.165) is 43.3 Å². The molecule has 0 aromatic heterocycles. The number of likely N-dealkylation sites (tertiary alicyclic amines) is 1. The smallest absolute Gasteiger partial charge is 0.253 e. The van der Waals surface area contributed by atoms with E-state index in [1.165, 1.54) is 26.2 Å². The third-order valence-corrected chi connectivity index (χ3v) is 5.44. The Morgan fingerprint density at radius 1 is 1.09 bits per heavy atom. The van der Waals surface area contributed by atoms with Crippen molar-refractivity contribution in [1.29, 1.82) is 0 Å². The fraction of sp³-hybridized carbons (Fsp3) is 0.611. The average molecular weight is 319 g/mol. The van der Waals surface area contributed by atoms with Crippen LogP contribution in [0.5, 0.6) is 5.75 Å². The summed E-state index contributed by atoms with van der Waals surface area (Å²) in [4.78, 5) is 18.0. The first-order valence-corrected chi connectivity index (χ1v) is 8.76. The van der Waals surface area contributed by atoms with Crippen molar-refractivity contribution in [3.8, 4) is 5.75 Å². The van der Waals surface area contributed by atoms with Crippen molar-refractivity contribution < 1.29 is 19.3 Å². The standard InChI is InChI=1S/C18H27N3O2/c1-19-11-13-20(14-12-19)16-7-9-21(10-8-16)18(22)15-3-5-17(23-2)6-4-15/h3-6,16H,7-14H2,1-2H3/p+2. The molecule has 0 bridgehead atoms. The van der Waals surface area contributed by atoms with E-state index >= 15 is 0 Å². The van der Waals surface area contributed by atoms with Crippen molar-refractivity contribution in [3.05, 3.63) is 29.8 Å². The Bertz CT molecular complexity index is 516. The Kier molecular flexibility index (Phi) is 5.18. The van der Waals surface area contributed by atoms with Crippen LogP contribution < -0.4 is 14.5 Å². The predicted molar refractivity (Wildman–Crippen MR) is 89.2 cm³/mol. The summed E-state index contributed by atoms with van der Waals surface area (Å²) in [7, 11) is 3.93. The molecule has 3 rings (SSSR count). The largest absolute Gasteiger partial charge is 0.497 e. The van der Waals surface area contributed by atoms with E-state index < -0.39 is 0 Å². The highest BCUT2D eigenvalue weighted by molar-refractivity contribution is 5.94. The molecule has 2 fully saturated rings. The number of nitrogens with one attached hydrogen (secondary N) is 2. The summed E-state index contributed by atoms with van der Waals surface area (Å²) in [5.74, 6) is 0.949. The number of piperidine rings is 1. The first-order chi connectivity index (χ1) is 11.2. The van der Waals surface area contributed by atoms with Crippen molar-refractivity contribution in [3.63, 3.8) is 0 Å². The fourth-order valence-electron chi connectivity index (χ4n) is 3.81. The summed E-state index contributed by atoms with van der Waals surface area (Å²) in [6, 6.07) is 8.18. The molecule has 126 valence electrons. The van der Waals surface area contributed by atoms with Gasteiger partial charge in [0.25, 0.3) is 5.91 Å². The minimum atomic E-state index is 0.156. The van der Waals surface area contributed by atoms with Gasteiger partial charge >= 0.3 is 0 Å². The second kappa shape index (κ2) is 7.32. The Hall–Kier alpha value is -1.59. The number of carbonyl (C=O) groups excluding carboxylic acids is 1. The third kappa shape index (κ3) is 3.85. The van der Waals surface area contributed by atoms with Crippen LogP contribution in [0.3, 0.4) is 0 Å². The third-order valence-electron chi connectivity index (χ3n) is 5.44. The van der Waals surface area contributed by atoms with Crippen LogP contribution in [0.1, 0.15) is 23.2 Å². The summed E-state index contributed by atoms with van der Waals surface area (Å²) in [6.45, 7) is 6.90. The number of ether oxygens (including phenoxy) is 1. The lowest BCUT2D eigenvalue weighted by Crippen LogP contribution is -3.28. The van der Waals surface area contributed by atoms with Crippen LogP contribution in [0.25, 0.3) is 0 Å². The van der Waals surface area contributed by atoms with Gasteiger partial charge in [0.2, 0.25) is 0 Å². The second-order valence-corrected chi connectivity index (χ2v) is 6.91.